The number of Topliss-reactive ketones (excluding diaryl/α,β-unsaturated/α-hetero) is 1. The van der Waals surface area contributed by atoms with Crippen molar-refractivity contribution in [3.63, 3.8) is 0 Å². The highest BCUT2D eigenvalue weighted by Gasteiger charge is 2.32. The number of hydrogen-bond acceptors (Lipinski definition) is 7. The molecule has 0 amide bonds. The first kappa shape index (κ1) is 30.8. The highest BCUT2D eigenvalue weighted by atomic mass is 32.2. The first-order chi connectivity index (χ1) is 21.2. The number of halogens is 2. The lowest BCUT2D eigenvalue weighted by Gasteiger charge is -2.29. The fourth-order valence-electron chi connectivity index (χ4n) is 6.50. The number of sulfonamides is 1. The average molecular weight is 628 g/mol. The lowest BCUT2D eigenvalue weighted by Crippen LogP contribution is -2.36. The van der Waals surface area contributed by atoms with Gasteiger partial charge < -0.3 is 15.0 Å². The Morgan fingerprint density at radius 1 is 1.05 bits per heavy atom. The number of nitrogens with zero attached hydrogens (tertiary/aromatic N) is 3. The quantitative estimate of drug-likeness (QED) is 0.340. The maximum Gasteiger partial charge on any atom is 0.243 e. The third-order valence-electron chi connectivity index (χ3n) is 9.11. The number of H-pyrrole nitrogens is 1. The van der Waals surface area contributed by atoms with E-state index in [0.717, 1.165) is 68.7 Å². The molecule has 236 valence electrons. The van der Waals surface area contributed by atoms with Crippen LogP contribution in [0, 0.1) is 17.6 Å². The number of anilines is 1. The van der Waals surface area contributed by atoms with Crippen LogP contribution in [0.2, 0.25) is 0 Å². The number of nitrogens with one attached hydrogen (secondary N) is 2. The molecule has 0 radical (unpaired) electrons. The van der Waals surface area contributed by atoms with Crippen molar-refractivity contribution in [3.8, 4) is 0 Å². The van der Waals surface area contributed by atoms with E-state index in [1.54, 1.807) is 0 Å². The predicted octanol–water partition coefficient (Wildman–Crippen LogP) is 4.34. The molecule has 3 aliphatic rings. The highest BCUT2D eigenvalue weighted by molar-refractivity contribution is 7.89. The summed E-state index contributed by atoms with van der Waals surface area (Å²) in [4.78, 5) is 15.8. The number of ketones is 1. The molecule has 0 spiro atoms. The van der Waals surface area contributed by atoms with Crippen LogP contribution in [-0.2, 0) is 40.6 Å². The number of piperidine rings is 1. The molecule has 2 N–H and O–H groups in total. The van der Waals surface area contributed by atoms with Gasteiger partial charge in [0, 0.05) is 67.3 Å². The zero-order chi connectivity index (χ0) is 30.8. The molecule has 2 aromatic carbocycles. The highest BCUT2D eigenvalue weighted by Crippen LogP contribution is 2.30. The van der Waals surface area contributed by atoms with Crippen LogP contribution in [0.1, 0.15) is 58.6 Å². The Morgan fingerprint density at radius 2 is 1.77 bits per heavy atom. The van der Waals surface area contributed by atoms with Gasteiger partial charge in [-0.15, -0.1) is 0 Å². The van der Waals surface area contributed by atoms with E-state index in [2.05, 4.69) is 33.5 Å². The van der Waals surface area contributed by atoms with Crippen molar-refractivity contribution in [3.05, 3.63) is 76.1 Å². The van der Waals surface area contributed by atoms with E-state index in [4.69, 9.17) is 4.74 Å². The fraction of sp³-hybridized carbons (Fsp3) is 0.500. The number of hydrogen-bond donors (Lipinski definition) is 2. The van der Waals surface area contributed by atoms with Crippen molar-refractivity contribution < 1.29 is 26.7 Å². The van der Waals surface area contributed by atoms with E-state index in [1.807, 2.05) is 12.1 Å². The summed E-state index contributed by atoms with van der Waals surface area (Å²) in [7, 11) is -2.01. The molecule has 2 fully saturated rings. The SMILES string of the molecule is CN1CCC(Cc2ccc(C(=O)Cc3n[nH]c4c3CN(S(=O)(=O)c3cc(F)cc(F)c3)CC4)c(NC3CCOCC3)c2)CC1. The lowest BCUT2D eigenvalue weighted by molar-refractivity contribution is 0.0904. The van der Waals surface area contributed by atoms with Crippen molar-refractivity contribution in [1.82, 2.24) is 19.4 Å². The van der Waals surface area contributed by atoms with Crippen LogP contribution >= 0.6 is 0 Å². The Bertz CT molecular complexity index is 1590. The average Bonchev–Trinajstić information content (AvgIpc) is 3.40. The molecule has 0 atom stereocenters. The van der Waals surface area contributed by atoms with Crippen molar-refractivity contribution >= 4 is 21.5 Å². The molecule has 0 bridgehead atoms. The normalized spacial score (nSPS) is 19.2. The summed E-state index contributed by atoms with van der Waals surface area (Å²) in [5.74, 6) is -1.42. The van der Waals surface area contributed by atoms with Gasteiger partial charge in [0.2, 0.25) is 10.0 Å². The van der Waals surface area contributed by atoms with E-state index in [9.17, 15) is 22.0 Å². The molecule has 0 saturated carbocycles. The number of aromatic amines is 1. The smallest absolute Gasteiger partial charge is 0.243 e. The first-order valence-electron chi connectivity index (χ1n) is 15.4. The summed E-state index contributed by atoms with van der Waals surface area (Å²) in [6.07, 6.45) is 5.34. The minimum absolute atomic E-state index is 0.00885. The second kappa shape index (κ2) is 13.0. The van der Waals surface area contributed by atoms with Crippen LogP contribution in [-0.4, -0.2) is 79.5 Å². The summed E-state index contributed by atoms with van der Waals surface area (Å²) in [5, 5.41) is 11.0. The Balaban J connectivity index is 1.22. The molecule has 9 nitrogen and oxygen atoms in total. The summed E-state index contributed by atoms with van der Waals surface area (Å²) in [5.41, 5.74) is 4.46. The number of benzene rings is 2. The van der Waals surface area contributed by atoms with Gasteiger partial charge in [-0.05, 0) is 88.0 Å². The third kappa shape index (κ3) is 6.88. The van der Waals surface area contributed by atoms with Crippen molar-refractivity contribution in [2.75, 3.05) is 45.2 Å². The number of fused-ring (bicyclic) bond motifs is 1. The number of aromatic nitrogens is 2. The molecular weight excluding hydrogens is 588 g/mol. The van der Waals surface area contributed by atoms with Crippen LogP contribution in [0.25, 0.3) is 0 Å². The molecule has 44 heavy (non-hydrogen) atoms. The largest absolute Gasteiger partial charge is 0.382 e. The summed E-state index contributed by atoms with van der Waals surface area (Å²) < 4.78 is 60.9. The van der Waals surface area contributed by atoms with Gasteiger partial charge in [0.1, 0.15) is 11.6 Å². The van der Waals surface area contributed by atoms with Crippen LogP contribution in [0.15, 0.2) is 41.3 Å². The maximum atomic E-state index is 13.8. The third-order valence-corrected chi connectivity index (χ3v) is 10.9. The van der Waals surface area contributed by atoms with Crippen LogP contribution in [0.5, 0.6) is 0 Å². The minimum atomic E-state index is -4.16. The Labute approximate surface area is 257 Å². The summed E-state index contributed by atoms with van der Waals surface area (Å²) in [6, 6.07) is 8.55. The van der Waals surface area contributed by atoms with Crippen LogP contribution in [0.4, 0.5) is 14.5 Å². The predicted molar refractivity (Wildman–Crippen MR) is 162 cm³/mol. The van der Waals surface area contributed by atoms with Crippen molar-refractivity contribution in [2.24, 2.45) is 5.92 Å². The van der Waals surface area contributed by atoms with Crippen molar-refractivity contribution in [2.45, 2.75) is 62.4 Å². The Kier molecular flexibility index (Phi) is 9.13. The van der Waals surface area contributed by atoms with E-state index in [0.29, 0.717) is 48.4 Å². The lowest BCUT2D eigenvalue weighted by atomic mass is 9.89. The maximum absolute atomic E-state index is 13.8. The van der Waals surface area contributed by atoms with Crippen LogP contribution < -0.4 is 5.32 Å². The number of likely N-dealkylation sites (tertiary alicyclic amines) is 1. The van der Waals surface area contributed by atoms with Gasteiger partial charge in [0.15, 0.2) is 5.78 Å². The minimum Gasteiger partial charge on any atom is -0.382 e. The molecule has 3 aliphatic heterocycles. The van der Waals surface area contributed by atoms with Crippen molar-refractivity contribution in [1.29, 1.82) is 0 Å². The van der Waals surface area contributed by atoms with Gasteiger partial charge in [0.05, 0.1) is 17.0 Å². The number of rotatable bonds is 9. The van der Waals surface area contributed by atoms with E-state index >= 15 is 0 Å². The first-order valence-corrected chi connectivity index (χ1v) is 16.8. The molecule has 6 rings (SSSR count). The van der Waals surface area contributed by atoms with Gasteiger partial charge in [-0.25, -0.2) is 17.2 Å². The standard InChI is InChI=1S/C32H39F2N5O4S/c1-38-9-4-21(5-10-38)14-22-2-3-27(30(15-22)35-25-7-12-43-13-8-25)32(40)19-31-28-20-39(11-6-29(28)36-37-31)44(41,42)26-17-23(33)16-24(34)18-26/h2-3,15-18,21,25,35H,4-14,19-20H2,1H3,(H,36,37). The molecule has 4 heterocycles. The second-order valence-electron chi connectivity index (χ2n) is 12.3. The van der Waals surface area contributed by atoms with Gasteiger partial charge in [0.25, 0.3) is 0 Å². The molecule has 0 aliphatic carbocycles. The number of carbonyl (C=O) groups is 1. The van der Waals surface area contributed by atoms with Gasteiger partial charge in [-0.1, -0.05) is 6.07 Å². The monoisotopic (exact) mass is 627 g/mol. The van der Waals surface area contributed by atoms with E-state index in [1.165, 1.54) is 9.87 Å². The molecule has 12 heteroatoms. The molecule has 1 aromatic heterocycles. The molecular formula is C32H39F2N5O4S. The summed E-state index contributed by atoms with van der Waals surface area (Å²) >= 11 is 0. The second-order valence-corrected chi connectivity index (χ2v) is 14.2. The van der Waals surface area contributed by atoms with E-state index < -0.39 is 26.6 Å². The van der Waals surface area contributed by atoms with Gasteiger partial charge in [-0.2, -0.15) is 9.40 Å². The van der Waals surface area contributed by atoms with Gasteiger partial charge >= 0.3 is 0 Å². The van der Waals surface area contributed by atoms with Crippen LogP contribution in [0.3, 0.4) is 0 Å². The topological polar surface area (TPSA) is 108 Å². The summed E-state index contributed by atoms with van der Waals surface area (Å²) in [6.45, 7) is 3.63. The number of carbonyl (C=O) groups excluding carboxylic acids is 1. The Hall–Kier alpha value is -3.19. The van der Waals surface area contributed by atoms with Gasteiger partial charge in [-0.3, -0.25) is 9.89 Å². The van der Waals surface area contributed by atoms with E-state index in [-0.39, 0.29) is 31.3 Å². The molecule has 0 unspecified atom stereocenters. The zero-order valence-corrected chi connectivity index (χ0v) is 25.8. The molecule has 3 aromatic rings. The Morgan fingerprint density at radius 3 is 2.50 bits per heavy atom. The fourth-order valence-corrected chi connectivity index (χ4v) is 7.95. The zero-order valence-electron chi connectivity index (χ0n) is 25.0. The number of ether oxygens (including phenoxy) is 1. The molecule has 2 saturated heterocycles.